The Morgan fingerprint density at radius 1 is 0.968 bits per heavy atom. The van der Waals surface area contributed by atoms with Gasteiger partial charge in [-0.25, -0.2) is 8.42 Å². The zero-order valence-electron chi connectivity index (χ0n) is 17.6. The van der Waals surface area contributed by atoms with Gasteiger partial charge in [0.25, 0.3) is 0 Å². The number of aryl methyl sites for hydroxylation is 1. The molecule has 2 aliphatic carbocycles. The molecule has 2 saturated carbocycles. The molecule has 9 heteroatoms. The second-order valence-electron chi connectivity index (χ2n) is 8.62. The summed E-state index contributed by atoms with van der Waals surface area (Å²) in [6.45, 7) is 2.18. The van der Waals surface area contributed by atoms with E-state index in [4.69, 9.17) is 0 Å². The lowest BCUT2D eigenvalue weighted by Crippen LogP contribution is -2.52. The van der Waals surface area contributed by atoms with Crippen LogP contribution in [0.1, 0.15) is 31.2 Å². The first-order chi connectivity index (χ1) is 14.3. The highest BCUT2D eigenvalue weighted by molar-refractivity contribution is 7.95. The molecule has 0 saturated heterocycles. The monoisotopic (exact) mass is 478 g/mol. The Balaban J connectivity index is 0.000000179. The predicted molar refractivity (Wildman–Crippen MR) is 115 cm³/mol. The van der Waals surface area contributed by atoms with Crippen molar-refractivity contribution < 1.29 is 30.5 Å². The molecule has 3 unspecified atom stereocenters. The summed E-state index contributed by atoms with van der Waals surface area (Å²) in [5, 5.41) is -2.71. The van der Waals surface area contributed by atoms with Gasteiger partial charge in [0.1, 0.15) is 12.5 Å². The molecule has 172 valence electrons. The van der Waals surface area contributed by atoms with Gasteiger partial charge in [0, 0.05) is 22.2 Å². The first kappa shape index (κ1) is 24.3. The molecule has 0 aliphatic heterocycles. The summed E-state index contributed by atoms with van der Waals surface area (Å²) >= 11 is 0. The van der Waals surface area contributed by atoms with E-state index in [1.54, 1.807) is 0 Å². The molecule has 0 aromatic heterocycles. The molecule has 0 spiro atoms. The zero-order valence-corrected chi connectivity index (χ0v) is 19.2. The van der Waals surface area contributed by atoms with Crippen molar-refractivity contribution in [2.75, 3.05) is 12.5 Å². The van der Waals surface area contributed by atoms with Gasteiger partial charge in [-0.1, -0.05) is 30.7 Å². The Kier molecular flexibility index (Phi) is 6.71. The second-order valence-corrected chi connectivity index (χ2v) is 12.1. The maximum atomic E-state index is 13.5. The summed E-state index contributed by atoms with van der Waals surface area (Å²) in [6.07, 6.45) is 5.97. The standard InChI is InChI=1S/C13H15S.C9H12F4O3S/c1-10-8-9-13(14(2)3)12-7-5-4-6-11(10)12;10-8(11,9(12,13)17(14,15)16)7-4-5-1-2-6(7)3-5/h4-9H,1-3H3;5-7H,1-4H2,(H,14,15,16)/q+1;/p-1. The fourth-order valence-corrected chi connectivity index (χ4v) is 6.29. The van der Waals surface area contributed by atoms with Crippen molar-refractivity contribution in [1.82, 2.24) is 0 Å². The molecule has 2 aliphatic rings. The van der Waals surface area contributed by atoms with Gasteiger partial charge in [0.05, 0.1) is 0 Å². The van der Waals surface area contributed by atoms with E-state index in [-0.39, 0.29) is 12.3 Å². The third-order valence-electron chi connectivity index (χ3n) is 6.45. The fraction of sp³-hybridized carbons (Fsp3) is 0.545. The maximum absolute atomic E-state index is 13.5. The summed E-state index contributed by atoms with van der Waals surface area (Å²) < 4.78 is 84.0. The van der Waals surface area contributed by atoms with Gasteiger partial charge in [-0.05, 0) is 61.1 Å². The number of hydrogen-bond acceptors (Lipinski definition) is 3. The third-order valence-corrected chi connectivity index (χ3v) is 8.58. The van der Waals surface area contributed by atoms with Gasteiger partial charge in [-0.2, -0.15) is 17.6 Å². The topological polar surface area (TPSA) is 57.2 Å². The molecule has 0 heterocycles. The average Bonchev–Trinajstić information content (AvgIpc) is 3.31. The van der Waals surface area contributed by atoms with Gasteiger partial charge in [-0.15, -0.1) is 0 Å². The van der Waals surface area contributed by atoms with E-state index in [0.29, 0.717) is 30.2 Å². The third kappa shape index (κ3) is 4.46. The van der Waals surface area contributed by atoms with Crippen LogP contribution in [-0.2, 0) is 21.0 Å². The van der Waals surface area contributed by atoms with E-state index in [0.717, 1.165) is 0 Å². The molecule has 2 aromatic carbocycles. The second kappa shape index (κ2) is 8.56. The van der Waals surface area contributed by atoms with Gasteiger partial charge < -0.3 is 4.55 Å². The minimum Gasteiger partial charge on any atom is -0.743 e. The molecular weight excluding hydrogens is 452 g/mol. The zero-order chi connectivity index (χ0) is 23.2. The molecule has 0 amide bonds. The highest BCUT2D eigenvalue weighted by atomic mass is 32.2. The molecule has 0 radical (unpaired) electrons. The van der Waals surface area contributed by atoms with Crippen molar-refractivity contribution >= 4 is 31.8 Å². The van der Waals surface area contributed by atoms with Crippen molar-refractivity contribution in [3.05, 3.63) is 42.0 Å². The Labute approximate surface area is 183 Å². The fourth-order valence-electron chi connectivity index (χ4n) is 4.85. The minimum absolute atomic E-state index is 0.0407. The number of benzene rings is 2. The van der Waals surface area contributed by atoms with Crippen LogP contribution in [0.3, 0.4) is 0 Å². The van der Waals surface area contributed by atoms with Crippen LogP contribution >= 0.6 is 0 Å². The largest absolute Gasteiger partial charge is 0.743 e. The highest BCUT2D eigenvalue weighted by Crippen LogP contribution is 2.58. The van der Waals surface area contributed by atoms with Crippen molar-refractivity contribution in [1.29, 1.82) is 0 Å². The number of rotatable bonds is 4. The molecule has 4 rings (SSSR count). The van der Waals surface area contributed by atoms with Gasteiger partial charge in [-0.3, -0.25) is 0 Å². The van der Waals surface area contributed by atoms with Crippen LogP contribution in [0, 0.1) is 24.7 Å². The number of alkyl halides is 4. The van der Waals surface area contributed by atoms with Gasteiger partial charge in [0.2, 0.25) is 0 Å². The van der Waals surface area contributed by atoms with Gasteiger partial charge in [0.15, 0.2) is 15.0 Å². The van der Waals surface area contributed by atoms with Crippen LogP contribution in [0.25, 0.3) is 10.8 Å². The number of fused-ring (bicyclic) bond motifs is 3. The predicted octanol–water partition coefficient (Wildman–Crippen LogP) is 5.58. The van der Waals surface area contributed by atoms with Crippen LogP contribution in [-0.4, -0.2) is 36.7 Å². The van der Waals surface area contributed by atoms with E-state index in [2.05, 4.69) is 55.8 Å². The average molecular weight is 479 g/mol. The molecule has 2 bridgehead atoms. The molecule has 31 heavy (non-hydrogen) atoms. The summed E-state index contributed by atoms with van der Waals surface area (Å²) in [7, 11) is -6.01. The molecular formula is C22H26F4O3S2. The van der Waals surface area contributed by atoms with E-state index < -0.39 is 33.1 Å². The Morgan fingerprint density at radius 3 is 2.06 bits per heavy atom. The molecule has 2 fully saturated rings. The first-order valence-corrected chi connectivity index (χ1v) is 13.5. The number of hydrogen-bond donors (Lipinski definition) is 0. The highest BCUT2D eigenvalue weighted by Gasteiger charge is 2.68. The molecule has 2 aromatic rings. The normalized spacial score (nSPS) is 23.8. The number of halogens is 4. The lowest BCUT2D eigenvalue weighted by atomic mass is 9.84. The van der Waals surface area contributed by atoms with Crippen LogP contribution in [0.4, 0.5) is 17.6 Å². The van der Waals surface area contributed by atoms with Crippen molar-refractivity contribution in [2.45, 2.75) is 48.7 Å². The first-order valence-electron chi connectivity index (χ1n) is 10.0. The molecule has 3 atom stereocenters. The summed E-state index contributed by atoms with van der Waals surface area (Å²) in [4.78, 5) is 1.48. The van der Waals surface area contributed by atoms with Gasteiger partial charge >= 0.3 is 11.2 Å². The Hall–Kier alpha value is -1.32. The van der Waals surface area contributed by atoms with Crippen molar-refractivity contribution in [2.24, 2.45) is 17.8 Å². The maximum Gasteiger partial charge on any atom is 0.396 e. The Bertz CT molecular complexity index is 1050. The van der Waals surface area contributed by atoms with Crippen LogP contribution in [0.15, 0.2) is 41.3 Å². The van der Waals surface area contributed by atoms with E-state index >= 15 is 0 Å². The minimum atomic E-state index is -6.35. The smallest absolute Gasteiger partial charge is 0.396 e. The molecule has 0 N–H and O–H groups in total. The van der Waals surface area contributed by atoms with Crippen LogP contribution in [0.2, 0.25) is 0 Å². The van der Waals surface area contributed by atoms with E-state index in [1.165, 1.54) is 21.2 Å². The SMILES string of the molecule is Cc1ccc([S+](C)C)c2ccccc12.O=S(=O)([O-])C(F)(F)C(F)(F)C1CC2CCC1C2. The summed E-state index contributed by atoms with van der Waals surface area (Å²) in [5.41, 5.74) is 1.37. The molecule has 3 nitrogen and oxygen atoms in total. The lowest BCUT2D eigenvalue weighted by molar-refractivity contribution is -0.202. The van der Waals surface area contributed by atoms with Crippen molar-refractivity contribution in [3.8, 4) is 0 Å². The summed E-state index contributed by atoms with van der Waals surface area (Å²) in [5.74, 6) is -7.10. The van der Waals surface area contributed by atoms with E-state index in [9.17, 15) is 30.5 Å². The summed E-state index contributed by atoms with van der Waals surface area (Å²) in [6, 6.07) is 13.2. The Morgan fingerprint density at radius 2 is 1.58 bits per heavy atom. The van der Waals surface area contributed by atoms with Crippen LogP contribution in [0.5, 0.6) is 0 Å². The van der Waals surface area contributed by atoms with Crippen LogP contribution < -0.4 is 0 Å². The van der Waals surface area contributed by atoms with E-state index in [1.807, 2.05) is 0 Å². The quantitative estimate of drug-likeness (QED) is 0.327. The lowest BCUT2D eigenvalue weighted by Gasteiger charge is -2.36. The van der Waals surface area contributed by atoms with Crippen molar-refractivity contribution in [3.63, 3.8) is 0 Å².